The Morgan fingerprint density at radius 3 is 2.63 bits per heavy atom. The molecular weight excluding hydrogens is 238 g/mol. The van der Waals surface area contributed by atoms with Crippen LogP contribution >= 0.6 is 0 Å². The van der Waals surface area contributed by atoms with Crippen LogP contribution in [0.5, 0.6) is 0 Å². The van der Waals surface area contributed by atoms with Crippen molar-refractivity contribution in [3.05, 3.63) is 35.9 Å². The van der Waals surface area contributed by atoms with Gasteiger partial charge >= 0.3 is 0 Å². The highest BCUT2D eigenvalue weighted by Crippen LogP contribution is 2.17. The molecule has 1 aliphatic rings. The average molecular weight is 259 g/mol. The Morgan fingerprint density at radius 1 is 1.21 bits per heavy atom. The molecule has 1 unspecified atom stereocenters. The van der Waals surface area contributed by atoms with Crippen LogP contribution in [0, 0.1) is 5.92 Å². The zero-order valence-electron chi connectivity index (χ0n) is 11.5. The van der Waals surface area contributed by atoms with Gasteiger partial charge < -0.3 is 4.90 Å². The maximum absolute atomic E-state index is 12.1. The number of hydrogen-bond donors (Lipinski definition) is 0. The van der Waals surface area contributed by atoms with E-state index in [1.165, 1.54) is 6.42 Å². The summed E-state index contributed by atoms with van der Waals surface area (Å²) in [6.07, 6.45) is 2.93. The lowest BCUT2D eigenvalue weighted by molar-refractivity contribution is -0.132. The van der Waals surface area contributed by atoms with E-state index >= 15 is 0 Å². The summed E-state index contributed by atoms with van der Waals surface area (Å²) in [7, 11) is 0. The van der Waals surface area contributed by atoms with Crippen molar-refractivity contribution in [1.82, 2.24) is 4.90 Å². The molecule has 1 aromatic carbocycles. The first-order valence-corrected chi connectivity index (χ1v) is 7.03. The van der Waals surface area contributed by atoms with Gasteiger partial charge in [0.15, 0.2) is 5.78 Å². The smallest absolute Gasteiger partial charge is 0.223 e. The van der Waals surface area contributed by atoms with Crippen LogP contribution in [-0.2, 0) is 4.79 Å². The van der Waals surface area contributed by atoms with Gasteiger partial charge in [0.1, 0.15) is 0 Å². The van der Waals surface area contributed by atoms with Crippen LogP contribution in [0.2, 0.25) is 0 Å². The van der Waals surface area contributed by atoms with E-state index in [0.29, 0.717) is 24.3 Å². The molecule has 1 atom stereocenters. The Bertz CT molecular complexity index is 441. The van der Waals surface area contributed by atoms with Gasteiger partial charge in [0.25, 0.3) is 0 Å². The first-order chi connectivity index (χ1) is 9.16. The molecule has 102 valence electrons. The minimum absolute atomic E-state index is 0.0546. The Kier molecular flexibility index (Phi) is 4.72. The molecule has 1 aromatic rings. The van der Waals surface area contributed by atoms with Gasteiger partial charge in [-0.3, -0.25) is 9.59 Å². The van der Waals surface area contributed by atoms with E-state index in [1.54, 1.807) is 12.1 Å². The van der Waals surface area contributed by atoms with Crippen molar-refractivity contribution in [1.29, 1.82) is 0 Å². The zero-order valence-corrected chi connectivity index (χ0v) is 11.5. The zero-order chi connectivity index (χ0) is 13.7. The van der Waals surface area contributed by atoms with Gasteiger partial charge in [-0.15, -0.1) is 0 Å². The first kappa shape index (κ1) is 13.8. The molecule has 1 fully saturated rings. The number of ketones is 1. The topological polar surface area (TPSA) is 37.4 Å². The van der Waals surface area contributed by atoms with Crippen molar-refractivity contribution >= 4 is 11.7 Å². The fourth-order valence-electron chi connectivity index (χ4n) is 2.56. The summed E-state index contributed by atoms with van der Waals surface area (Å²) in [5.41, 5.74) is 0.697. The first-order valence-electron chi connectivity index (χ1n) is 7.03. The summed E-state index contributed by atoms with van der Waals surface area (Å²) in [4.78, 5) is 25.9. The molecule has 0 bridgehead atoms. The lowest BCUT2D eigenvalue weighted by Gasteiger charge is -2.31. The maximum atomic E-state index is 12.1. The predicted molar refractivity (Wildman–Crippen MR) is 75.0 cm³/mol. The second-order valence-corrected chi connectivity index (χ2v) is 5.38. The van der Waals surface area contributed by atoms with Crippen LogP contribution in [-0.4, -0.2) is 29.7 Å². The van der Waals surface area contributed by atoms with Crippen molar-refractivity contribution in [2.45, 2.75) is 32.6 Å². The second-order valence-electron chi connectivity index (χ2n) is 5.38. The normalized spacial score (nSPS) is 19.2. The molecule has 0 N–H and O–H groups in total. The van der Waals surface area contributed by atoms with Gasteiger partial charge in [-0.2, -0.15) is 0 Å². The molecule has 0 radical (unpaired) electrons. The number of rotatable bonds is 4. The average Bonchev–Trinajstić information content (AvgIpc) is 2.45. The summed E-state index contributed by atoms with van der Waals surface area (Å²) >= 11 is 0. The lowest BCUT2D eigenvalue weighted by atomic mass is 9.99. The Balaban J connectivity index is 1.82. The van der Waals surface area contributed by atoms with Gasteiger partial charge in [0.05, 0.1) is 0 Å². The molecule has 1 amide bonds. The predicted octanol–water partition coefficient (Wildman–Crippen LogP) is 2.91. The van der Waals surface area contributed by atoms with Gasteiger partial charge in [0, 0.05) is 31.5 Å². The molecule has 1 saturated heterocycles. The number of piperidine rings is 1. The molecule has 1 heterocycles. The number of hydrogen-bond acceptors (Lipinski definition) is 2. The number of carbonyl (C=O) groups is 2. The summed E-state index contributed by atoms with van der Waals surface area (Å²) in [6.45, 7) is 3.87. The Morgan fingerprint density at radius 2 is 1.95 bits per heavy atom. The number of benzene rings is 1. The highest BCUT2D eigenvalue weighted by Gasteiger charge is 2.21. The van der Waals surface area contributed by atoms with E-state index in [1.807, 2.05) is 23.1 Å². The number of carbonyl (C=O) groups excluding carboxylic acids is 2. The van der Waals surface area contributed by atoms with Crippen LogP contribution < -0.4 is 0 Å². The number of Topliss-reactive ketones (excluding diaryl/α,β-unsaturated/α-hetero) is 1. The van der Waals surface area contributed by atoms with E-state index in [9.17, 15) is 9.59 Å². The monoisotopic (exact) mass is 259 g/mol. The van der Waals surface area contributed by atoms with Crippen molar-refractivity contribution in [3.8, 4) is 0 Å². The fraction of sp³-hybridized carbons (Fsp3) is 0.500. The summed E-state index contributed by atoms with van der Waals surface area (Å²) < 4.78 is 0. The number of likely N-dealkylation sites (tertiary alicyclic amines) is 1. The van der Waals surface area contributed by atoms with Crippen LogP contribution in [0.3, 0.4) is 0 Å². The molecular formula is C16H21NO2. The molecule has 3 nitrogen and oxygen atoms in total. The molecule has 3 heteroatoms. The van der Waals surface area contributed by atoms with Crippen molar-refractivity contribution < 1.29 is 9.59 Å². The molecule has 0 spiro atoms. The van der Waals surface area contributed by atoms with E-state index in [4.69, 9.17) is 0 Å². The van der Waals surface area contributed by atoms with Gasteiger partial charge in [-0.25, -0.2) is 0 Å². The van der Waals surface area contributed by atoms with E-state index in [-0.39, 0.29) is 11.7 Å². The maximum Gasteiger partial charge on any atom is 0.223 e. The molecule has 2 rings (SSSR count). The highest BCUT2D eigenvalue weighted by atomic mass is 16.2. The largest absolute Gasteiger partial charge is 0.342 e. The van der Waals surface area contributed by atoms with Gasteiger partial charge in [0.2, 0.25) is 5.91 Å². The highest BCUT2D eigenvalue weighted by molar-refractivity contribution is 5.97. The SMILES string of the molecule is CC1CCCN(C(=O)CCC(=O)c2ccccc2)C1. The Labute approximate surface area is 114 Å². The van der Waals surface area contributed by atoms with Crippen LogP contribution in [0.1, 0.15) is 43.0 Å². The van der Waals surface area contributed by atoms with Crippen LogP contribution in [0.25, 0.3) is 0 Å². The quantitative estimate of drug-likeness (QED) is 0.780. The van der Waals surface area contributed by atoms with E-state index in [0.717, 1.165) is 19.5 Å². The molecule has 19 heavy (non-hydrogen) atoms. The minimum Gasteiger partial charge on any atom is -0.342 e. The molecule has 0 saturated carbocycles. The minimum atomic E-state index is 0.0546. The molecule has 0 aromatic heterocycles. The summed E-state index contributed by atoms with van der Waals surface area (Å²) in [5.74, 6) is 0.761. The van der Waals surface area contributed by atoms with Crippen molar-refractivity contribution in [2.24, 2.45) is 5.92 Å². The second kappa shape index (κ2) is 6.50. The third kappa shape index (κ3) is 3.91. The molecule has 0 aliphatic carbocycles. The lowest BCUT2D eigenvalue weighted by Crippen LogP contribution is -2.39. The molecule has 1 aliphatic heterocycles. The Hall–Kier alpha value is -1.64. The standard InChI is InChI=1S/C16H21NO2/c1-13-6-5-11-17(12-13)16(19)10-9-15(18)14-7-3-2-4-8-14/h2-4,7-8,13H,5-6,9-12H2,1H3. The number of nitrogens with zero attached hydrogens (tertiary/aromatic N) is 1. The summed E-state index contributed by atoms with van der Waals surface area (Å²) in [5, 5.41) is 0. The van der Waals surface area contributed by atoms with E-state index in [2.05, 4.69) is 6.92 Å². The third-order valence-electron chi connectivity index (χ3n) is 3.67. The number of amides is 1. The third-order valence-corrected chi connectivity index (χ3v) is 3.67. The van der Waals surface area contributed by atoms with Crippen molar-refractivity contribution in [3.63, 3.8) is 0 Å². The van der Waals surface area contributed by atoms with E-state index < -0.39 is 0 Å². The summed E-state index contributed by atoms with van der Waals surface area (Å²) in [6, 6.07) is 9.19. The van der Waals surface area contributed by atoms with Gasteiger partial charge in [-0.05, 0) is 18.8 Å². The van der Waals surface area contributed by atoms with Crippen LogP contribution in [0.4, 0.5) is 0 Å². The van der Waals surface area contributed by atoms with Crippen LogP contribution in [0.15, 0.2) is 30.3 Å². The van der Waals surface area contributed by atoms with Crippen molar-refractivity contribution in [2.75, 3.05) is 13.1 Å². The van der Waals surface area contributed by atoms with Gasteiger partial charge in [-0.1, -0.05) is 37.3 Å². The fourth-order valence-corrected chi connectivity index (χ4v) is 2.56.